The summed E-state index contributed by atoms with van der Waals surface area (Å²) in [6.07, 6.45) is 0.158. The van der Waals surface area contributed by atoms with Gasteiger partial charge in [0.25, 0.3) is 0 Å². The third-order valence-corrected chi connectivity index (χ3v) is 4.32. The summed E-state index contributed by atoms with van der Waals surface area (Å²) in [5.41, 5.74) is 1.97. The minimum atomic E-state index is -0.514. The number of amides is 4. The highest BCUT2D eigenvalue weighted by Gasteiger charge is 2.35. The van der Waals surface area contributed by atoms with Crippen LogP contribution >= 0.6 is 0 Å². The largest absolute Gasteiger partial charge is 0.378 e. The highest BCUT2D eigenvalue weighted by atomic mass is 16.5. The number of carbonyl (C=O) groups excluding carboxylic acids is 3. The van der Waals surface area contributed by atoms with E-state index in [1.807, 2.05) is 31.2 Å². The molecule has 128 valence electrons. The zero-order chi connectivity index (χ0) is 17.1. The summed E-state index contributed by atoms with van der Waals surface area (Å²) in [6, 6.07) is 6.84. The summed E-state index contributed by atoms with van der Waals surface area (Å²) >= 11 is 0. The zero-order valence-corrected chi connectivity index (χ0v) is 13.7. The van der Waals surface area contributed by atoms with E-state index in [4.69, 9.17) is 4.74 Å². The maximum absolute atomic E-state index is 12.4. The number of hydrogen-bond acceptors (Lipinski definition) is 4. The maximum atomic E-state index is 12.4. The van der Waals surface area contributed by atoms with E-state index in [-0.39, 0.29) is 30.8 Å². The number of nitrogens with zero attached hydrogens (tertiary/aromatic N) is 2. The number of imide groups is 1. The summed E-state index contributed by atoms with van der Waals surface area (Å²) in [5, 5.41) is 2.82. The molecule has 7 heteroatoms. The average molecular weight is 331 g/mol. The van der Waals surface area contributed by atoms with Gasteiger partial charge in [-0.25, -0.2) is 4.79 Å². The molecule has 2 heterocycles. The third kappa shape index (κ3) is 3.56. The molecule has 1 aromatic carbocycles. The summed E-state index contributed by atoms with van der Waals surface area (Å²) < 4.78 is 5.20. The van der Waals surface area contributed by atoms with Crippen LogP contribution in [0.25, 0.3) is 0 Å². The van der Waals surface area contributed by atoms with Crippen LogP contribution in [0.5, 0.6) is 0 Å². The van der Waals surface area contributed by atoms with Gasteiger partial charge in [-0.2, -0.15) is 0 Å². The number of hydrogen-bond donors (Lipinski definition) is 1. The molecule has 3 rings (SSSR count). The molecule has 2 aliphatic heterocycles. The van der Waals surface area contributed by atoms with Crippen molar-refractivity contribution < 1.29 is 19.1 Å². The van der Waals surface area contributed by atoms with Crippen molar-refractivity contribution in [3.05, 3.63) is 35.4 Å². The quantitative estimate of drug-likeness (QED) is 0.890. The molecule has 0 aromatic heterocycles. The van der Waals surface area contributed by atoms with Gasteiger partial charge in [0.05, 0.1) is 25.7 Å². The van der Waals surface area contributed by atoms with Crippen LogP contribution in [0, 0.1) is 6.92 Å². The predicted octanol–water partition coefficient (Wildman–Crippen LogP) is 0.837. The number of morpholine rings is 1. The van der Waals surface area contributed by atoms with Gasteiger partial charge < -0.3 is 15.0 Å². The van der Waals surface area contributed by atoms with Crippen molar-refractivity contribution in [2.24, 2.45) is 0 Å². The van der Waals surface area contributed by atoms with E-state index in [1.54, 1.807) is 4.90 Å². The van der Waals surface area contributed by atoms with Gasteiger partial charge in [-0.1, -0.05) is 29.8 Å². The van der Waals surface area contributed by atoms with E-state index in [9.17, 15) is 14.4 Å². The number of nitrogens with one attached hydrogen (secondary N) is 1. The van der Waals surface area contributed by atoms with Crippen LogP contribution in [0.15, 0.2) is 24.3 Å². The number of ether oxygens (including phenoxy) is 1. The normalized spacial score (nSPS) is 21.6. The number of carbonyl (C=O) groups is 3. The first-order chi connectivity index (χ1) is 11.5. The Morgan fingerprint density at radius 1 is 1.29 bits per heavy atom. The molecule has 1 N–H and O–H groups in total. The first-order valence-electron chi connectivity index (χ1n) is 8.07. The number of urea groups is 1. The van der Waals surface area contributed by atoms with Gasteiger partial charge in [-0.05, 0) is 12.5 Å². The summed E-state index contributed by atoms with van der Waals surface area (Å²) in [5.74, 6) is -0.553. The Labute approximate surface area is 140 Å². The van der Waals surface area contributed by atoms with Crippen molar-refractivity contribution >= 4 is 17.8 Å². The van der Waals surface area contributed by atoms with Gasteiger partial charge in [0, 0.05) is 13.1 Å². The number of aryl methyl sites for hydroxylation is 1. The van der Waals surface area contributed by atoms with E-state index in [2.05, 4.69) is 5.32 Å². The molecule has 0 radical (unpaired) electrons. The second-order valence-electron chi connectivity index (χ2n) is 6.09. The van der Waals surface area contributed by atoms with Crippen LogP contribution in [-0.2, 0) is 14.3 Å². The molecule has 2 fully saturated rings. The van der Waals surface area contributed by atoms with Crippen LogP contribution in [0.3, 0.4) is 0 Å². The standard InChI is InChI=1S/C17H21N3O4/c1-12-3-2-4-13(9-12)14-10-15(21)20(17(23)18-14)11-16(22)19-5-7-24-8-6-19/h2-4,9,14H,5-8,10-11H2,1H3,(H,18,23). The second-order valence-corrected chi connectivity index (χ2v) is 6.09. The Morgan fingerprint density at radius 3 is 2.71 bits per heavy atom. The first kappa shape index (κ1) is 16.4. The molecule has 24 heavy (non-hydrogen) atoms. The van der Waals surface area contributed by atoms with Crippen molar-refractivity contribution in [1.29, 1.82) is 0 Å². The van der Waals surface area contributed by atoms with Crippen molar-refractivity contribution in [1.82, 2.24) is 15.1 Å². The van der Waals surface area contributed by atoms with Crippen molar-refractivity contribution in [2.45, 2.75) is 19.4 Å². The van der Waals surface area contributed by atoms with Crippen molar-refractivity contribution in [2.75, 3.05) is 32.8 Å². The van der Waals surface area contributed by atoms with Crippen LogP contribution in [0.2, 0.25) is 0 Å². The Hall–Kier alpha value is -2.41. The van der Waals surface area contributed by atoms with Crippen LogP contribution in [0.1, 0.15) is 23.6 Å². The first-order valence-corrected chi connectivity index (χ1v) is 8.07. The van der Waals surface area contributed by atoms with Gasteiger partial charge in [-0.3, -0.25) is 14.5 Å². The van der Waals surface area contributed by atoms with Gasteiger partial charge in [-0.15, -0.1) is 0 Å². The average Bonchev–Trinajstić information content (AvgIpc) is 2.58. The molecule has 2 saturated heterocycles. The SMILES string of the molecule is Cc1cccc(C2CC(=O)N(CC(=O)N3CCOCC3)C(=O)N2)c1. The Balaban J connectivity index is 1.64. The molecule has 0 spiro atoms. The second kappa shape index (κ2) is 7.00. The van der Waals surface area contributed by atoms with Crippen LogP contribution in [0.4, 0.5) is 4.79 Å². The molecular weight excluding hydrogens is 310 g/mol. The van der Waals surface area contributed by atoms with Gasteiger partial charge in [0.15, 0.2) is 0 Å². The van der Waals surface area contributed by atoms with Gasteiger partial charge in [0.2, 0.25) is 11.8 Å². The summed E-state index contributed by atoms with van der Waals surface area (Å²) in [6.45, 7) is 3.71. The highest BCUT2D eigenvalue weighted by molar-refractivity contribution is 6.00. The minimum Gasteiger partial charge on any atom is -0.378 e. The smallest absolute Gasteiger partial charge is 0.325 e. The predicted molar refractivity (Wildman–Crippen MR) is 86.2 cm³/mol. The van der Waals surface area contributed by atoms with Crippen LogP contribution < -0.4 is 5.32 Å². The Bertz CT molecular complexity index is 637. The fraction of sp³-hybridized carbons (Fsp3) is 0.471. The van der Waals surface area contributed by atoms with E-state index in [0.29, 0.717) is 26.3 Å². The van der Waals surface area contributed by atoms with E-state index < -0.39 is 6.03 Å². The fourth-order valence-corrected chi connectivity index (χ4v) is 2.97. The lowest BCUT2D eigenvalue weighted by molar-refractivity contribution is -0.141. The molecule has 0 bridgehead atoms. The molecule has 0 aliphatic carbocycles. The topological polar surface area (TPSA) is 79.0 Å². The lowest BCUT2D eigenvalue weighted by Crippen LogP contribution is -2.55. The van der Waals surface area contributed by atoms with Gasteiger partial charge in [0.1, 0.15) is 6.54 Å². The van der Waals surface area contributed by atoms with E-state index in [1.165, 1.54) is 0 Å². The molecule has 1 aromatic rings. The minimum absolute atomic E-state index is 0.158. The maximum Gasteiger partial charge on any atom is 0.325 e. The molecule has 4 amide bonds. The summed E-state index contributed by atoms with van der Waals surface area (Å²) in [4.78, 5) is 39.5. The molecule has 1 unspecified atom stereocenters. The highest BCUT2D eigenvalue weighted by Crippen LogP contribution is 2.23. The molecule has 7 nitrogen and oxygen atoms in total. The Morgan fingerprint density at radius 2 is 2.04 bits per heavy atom. The van der Waals surface area contributed by atoms with Gasteiger partial charge >= 0.3 is 6.03 Å². The lowest BCUT2D eigenvalue weighted by atomic mass is 9.99. The van der Waals surface area contributed by atoms with Crippen molar-refractivity contribution in [3.8, 4) is 0 Å². The molecule has 0 saturated carbocycles. The zero-order valence-electron chi connectivity index (χ0n) is 13.7. The molecule has 1 atom stereocenters. The van der Waals surface area contributed by atoms with E-state index in [0.717, 1.165) is 16.0 Å². The Kier molecular flexibility index (Phi) is 4.80. The lowest BCUT2D eigenvalue weighted by Gasteiger charge is -2.33. The third-order valence-electron chi connectivity index (χ3n) is 4.32. The number of benzene rings is 1. The summed E-state index contributed by atoms with van der Waals surface area (Å²) in [7, 11) is 0. The van der Waals surface area contributed by atoms with Crippen molar-refractivity contribution in [3.63, 3.8) is 0 Å². The number of rotatable bonds is 3. The fourth-order valence-electron chi connectivity index (χ4n) is 2.97. The monoisotopic (exact) mass is 331 g/mol. The van der Waals surface area contributed by atoms with E-state index >= 15 is 0 Å². The molecule has 2 aliphatic rings. The molecular formula is C17H21N3O4. The van der Waals surface area contributed by atoms with Crippen LogP contribution in [-0.4, -0.2) is 60.5 Å².